The van der Waals surface area contributed by atoms with Gasteiger partial charge in [0.05, 0.1) is 28.7 Å². The van der Waals surface area contributed by atoms with E-state index >= 15 is 0 Å². The predicted octanol–water partition coefficient (Wildman–Crippen LogP) is 1.77. The van der Waals surface area contributed by atoms with Crippen molar-refractivity contribution < 1.29 is 4.79 Å². The fourth-order valence-electron chi connectivity index (χ4n) is 2.33. The Morgan fingerprint density at radius 1 is 1.30 bits per heavy atom. The van der Waals surface area contributed by atoms with Crippen molar-refractivity contribution in [1.29, 1.82) is 5.41 Å². The molecule has 118 valence electrons. The zero-order valence-electron chi connectivity index (χ0n) is 12.3. The highest BCUT2D eigenvalue weighted by Gasteiger charge is 2.16. The molecule has 0 aliphatic carbocycles. The van der Waals surface area contributed by atoms with Crippen molar-refractivity contribution in [2.45, 2.75) is 6.92 Å². The standard InChI is InChI=1S/C15H14N6O.ClH/c1-9-11(14(22)20-15(16)17)8-19-21(9)13-6-7-18-12-5-3-2-4-10(12)13;/h2-8H,1H3,(H4,16,17,20,22);1H. The summed E-state index contributed by atoms with van der Waals surface area (Å²) in [7, 11) is 0. The highest BCUT2D eigenvalue weighted by Crippen LogP contribution is 2.22. The van der Waals surface area contributed by atoms with Crippen molar-refractivity contribution in [1.82, 2.24) is 20.1 Å². The number of carbonyl (C=O) groups is 1. The van der Waals surface area contributed by atoms with Crippen LogP contribution in [0.3, 0.4) is 0 Å². The summed E-state index contributed by atoms with van der Waals surface area (Å²) in [4.78, 5) is 16.3. The summed E-state index contributed by atoms with van der Waals surface area (Å²) in [5, 5.41) is 14.6. The molecular weight excluding hydrogens is 316 g/mol. The number of carbonyl (C=O) groups excluding carboxylic acids is 1. The maximum atomic E-state index is 12.0. The van der Waals surface area contributed by atoms with E-state index in [0.29, 0.717) is 11.3 Å². The van der Waals surface area contributed by atoms with E-state index in [1.54, 1.807) is 17.8 Å². The van der Waals surface area contributed by atoms with E-state index in [2.05, 4.69) is 15.4 Å². The van der Waals surface area contributed by atoms with Gasteiger partial charge in [-0.2, -0.15) is 5.10 Å². The number of fused-ring (bicyclic) bond motifs is 1. The van der Waals surface area contributed by atoms with Gasteiger partial charge >= 0.3 is 0 Å². The second kappa shape index (κ2) is 6.45. The number of rotatable bonds is 2. The maximum Gasteiger partial charge on any atom is 0.261 e. The molecule has 0 saturated heterocycles. The number of halogens is 1. The van der Waals surface area contributed by atoms with Gasteiger partial charge in [-0.3, -0.25) is 20.5 Å². The molecule has 2 heterocycles. The van der Waals surface area contributed by atoms with Crippen LogP contribution in [0.5, 0.6) is 0 Å². The summed E-state index contributed by atoms with van der Waals surface area (Å²) in [5.41, 5.74) is 7.91. The van der Waals surface area contributed by atoms with Crippen molar-refractivity contribution >= 4 is 35.2 Å². The number of nitrogens with zero attached hydrogens (tertiary/aromatic N) is 3. The molecule has 0 radical (unpaired) electrons. The molecule has 2 aromatic heterocycles. The molecule has 3 rings (SSSR count). The van der Waals surface area contributed by atoms with E-state index in [0.717, 1.165) is 16.6 Å². The number of aromatic nitrogens is 3. The minimum absolute atomic E-state index is 0. The van der Waals surface area contributed by atoms with Crippen LogP contribution in [0, 0.1) is 12.3 Å². The molecule has 0 saturated carbocycles. The second-order valence-corrected chi connectivity index (χ2v) is 4.77. The lowest BCUT2D eigenvalue weighted by atomic mass is 10.2. The van der Waals surface area contributed by atoms with Gasteiger partial charge in [-0.15, -0.1) is 12.4 Å². The Labute approximate surface area is 138 Å². The van der Waals surface area contributed by atoms with Crippen LogP contribution in [0.4, 0.5) is 0 Å². The number of para-hydroxylation sites is 1. The number of nitrogens with one attached hydrogen (secondary N) is 2. The van der Waals surface area contributed by atoms with Gasteiger partial charge in [-0.1, -0.05) is 18.2 Å². The molecule has 4 N–H and O–H groups in total. The molecular formula is C15H15ClN6O. The third-order valence-corrected chi connectivity index (χ3v) is 3.36. The fraction of sp³-hybridized carbons (Fsp3) is 0.0667. The average Bonchev–Trinajstić information content (AvgIpc) is 2.87. The molecule has 8 heteroatoms. The second-order valence-electron chi connectivity index (χ2n) is 4.77. The van der Waals surface area contributed by atoms with Crippen LogP contribution < -0.4 is 11.1 Å². The monoisotopic (exact) mass is 330 g/mol. The summed E-state index contributed by atoms with van der Waals surface area (Å²) >= 11 is 0. The molecule has 1 aromatic carbocycles. The van der Waals surface area contributed by atoms with Gasteiger partial charge < -0.3 is 5.73 Å². The number of nitrogens with two attached hydrogens (primary N) is 1. The number of hydrogen-bond donors (Lipinski definition) is 3. The lowest BCUT2D eigenvalue weighted by Crippen LogP contribution is -2.35. The smallest absolute Gasteiger partial charge is 0.261 e. The Morgan fingerprint density at radius 2 is 2.04 bits per heavy atom. The van der Waals surface area contributed by atoms with Gasteiger partial charge in [0.2, 0.25) is 0 Å². The molecule has 0 aliphatic heterocycles. The van der Waals surface area contributed by atoms with Crippen LogP contribution in [-0.2, 0) is 0 Å². The highest BCUT2D eigenvalue weighted by atomic mass is 35.5. The third-order valence-electron chi connectivity index (χ3n) is 3.36. The molecule has 0 bridgehead atoms. The topological polar surface area (TPSA) is 110 Å². The van der Waals surface area contributed by atoms with E-state index in [1.807, 2.05) is 30.3 Å². The van der Waals surface area contributed by atoms with Crippen molar-refractivity contribution in [2.75, 3.05) is 0 Å². The van der Waals surface area contributed by atoms with E-state index in [4.69, 9.17) is 11.1 Å². The summed E-state index contributed by atoms with van der Waals surface area (Å²) < 4.78 is 1.68. The van der Waals surface area contributed by atoms with Crippen molar-refractivity contribution in [2.24, 2.45) is 5.73 Å². The van der Waals surface area contributed by atoms with Crippen molar-refractivity contribution in [3.05, 3.63) is 54.0 Å². The average molecular weight is 331 g/mol. The van der Waals surface area contributed by atoms with E-state index in [-0.39, 0.29) is 12.4 Å². The number of hydrogen-bond acceptors (Lipinski definition) is 4. The number of guanidine groups is 1. The van der Waals surface area contributed by atoms with Gasteiger partial charge in [0, 0.05) is 11.6 Å². The summed E-state index contributed by atoms with van der Waals surface area (Å²) in [6, 6.07) is 9.56. The van der Waals surface area contributed by atoms with Crippen LogP contribution in [0.15, 0.2) is 42.7 Å². The Bertz CT molecular complexity index is 883. The summed E-state index contributed by atoms with van der Waals surface area (Å²) in [5.74, 6) is -0.846. The van der Waals surface area contributed by atoms with E-state index in [1.165, 1.54) is 6.20 Å². The normalized spacial score (nSPS) is 10.1. The van der Waals surface area contributed by atoms with Gasteiger partial charge in [0.1, 0.15) is 0 Å². The first kappa shape index (κ1) is 16.4. The SMILES string of the molecule is Cc1c(C(=O)NC(=N)N)cnn1-c1ccnc2ccccc12.Cl. The van der Waals surface area contributed by atoms with E-state index in [9.17, 15) is 4.79 Å². The van der Waals surface area contributed by atoms with E-state index < -0.39 is 11.9 Å². The molecule has 0 atom stereocenters. The van der Waals surface area contributed by atoms with Gasteiger partial charge in [0.25, 0.3) is 5.91 Å². The Hall–Kier alpha value is -2.93. The molecule has 0 spiro atoms. The maximum absolute atomic E-state index is 12.0. The first-order valence-electron chi connectivity index (χ1n) is 6.62. The molecule has 0 aliphatic rings. The minimum atomic E-state index is -0.449. The lowest BCUT2D eigenvalue weighted by molar-refractivity contribution is 0.0976. The van der Waals surface area contributed by atoms with Crippen LogP contribution in [0.1, 0.15) is 16.1 Å². The third kappa shape index (κ3) is 3.00. The van der Waals surface area contributed by atoms with Crippen molar-refractivity contribution in [3.8, 4) is 5.69 Å². The zero-order valence-corrected chi connectivity index (χ0v) is 13.1. The van der Waals surface area contributed by atoms with Crippen LogP contribution in [-0.4, -0.2) is 26.6 Å². The van der Waals surface area contributed by atoms with Crippen LogP contribution in [0.2, 0.25) is 0 Å². The quantitative estimate of drug-likeness (QED) is 0.491. The van der Waals surface area contributed by atoms with Gasteiger partial charge in [0.15, 0.2) is 5.96 Å². The minimum Gasteiger partial charge on any atom is -0.370 e. The largest absolute Gasteiger partial charge is 0.370 e. The molecule has 1 amide bonds. The Morgan fingerprint density at radius 3 is 2.78 bits per heavy atom. The van der Waals surface area contributed by atoms with Gasteiger partial charge in [-0.25, -0.2) is 4.68 Å². The first-order valence-corrected chi connectivity index (χ1v) is 6.62. The highest BCUT2D eigenvalue weighted by molar-refractivity contribution is 6.05. The summed E-state index contributed by atoms with van der Waals surface area (Å²) in [6.07, 6.45) is 3.16. The lowest BCUT2D eigenvalue weighted by Gasteiger charge is -2.08. The number of pyridine rings is 1. The zero-order chi connectivity index (χ0) is 15.7. The van der Waals surface area contributed by atoms with Crippen LogP contribution in [0.25, 0.3) is 16.6 Å². The fourth-order valence-corrected chi connectivity index (χ4v) is 2.33. The van der Waals surface area contributed by atoms with Crippen LogP contribution >= 0.6 is 12.4 Å². The summed E-state index contributed by atoms with van der Waals surface area (Å²) in [6.45, 7) is 1.79. The van der Waals surface area contributed by atoms with Gasteiger partial charge in [-0.05, 0) is 19.1 Å². The molecule has 0 fully saturated rings. The molecule has 7 nitrogen and oxygen atoms in total. The number of amides is 1. The predicted molar refractivity (Wildman–Crippen MR) is 90.2 cm³/mol. The number of benzene rings is 1. The first-order chi connectivity index (χ1) is 10.6. The Balaban J connectivity index is 0.00000192. The Kier molecular flexibility index (Phi) is 4.61. The molecule has 23 heavy (non-hydrogen) atoms. The van der Waals surface area contributed by atoms with Crippen molar-refractivity contribution in [3.63, 3.8) is 0 Å². The molecule has 3 aromatic rings. The molecule has 0 unspecified atom stereocenters.